The standard InChI is InChI=1S/C20H19FN4O/c21-17-6-2-1-5-15(17)12-22-20(26)14-7-8-18-16(11-14)19(24-13-23-18)25-9-3-4-10-25/h1-2,5-8,11,13H,3-4,9-10,12H2,(H,22,26). The van der Waals surface area contributed by atoms with E-state index in [1.165, 1.54) is 6.07 Å². The number of aromatic nitrogens is 2. The molecule has 26 heavy (non-hydrogen) atoms. The summed E-state index contributed by atoms with van der Waals surface area (Å²) in [4.78, 5) is 23.5. The fraction of sp³-hybridized carbons (Fsp3) is 0.250. The summed E-state index contributed by atoms with van der Waals surface area (Å²) >= 11 is 0. The van der Waals surface area contributed by atoms with Crippen molar-refractivity contribution < 1.29 is 9.18 Å². The Kier molecular flexibility index (Phi) is 4.48. The van der Waals surface area contributed by atoms with Crippen LogP contribution in [-0.4, -0.2) is 29.0 Å². The zero-order valence-corrected chi connectivity index (χ0v) is 14.3. The topological polar surface area (TPSA) is 58.1 Å². The first-order chi connectivity index (χ1) is 12.7. The Labute approximate surface area is 150 Å². The smallest absolute Gasteiger partial charge is 0.251 e. The highest BCUT2D eigenvalue weighted by atomic mass is 19.1. The van der Waals surface area contributed by atoms with E-state index >= 15 is 0 Å². The number of fused-ring (bicyclic) bond motifs is 1. The largest absolute Gasteiger partial charge is 0.356 e. The molecule has 0 aliphatic carbocycles. The van der Waals surface area contributed by atoms with Gasteiger partial charge >= 0.3 is 0 Å². The lowest BCUT2D eigenvalue weighted by Crippen LogP contribution is -2.23. The number of benzene rings is 2. The third-order valence-electron chi connectivity index (χ3n) is 4.68. The van der Waals surface area contributed by atoms with Crippen molar-refractivity contribution >= 4 is 22.6 Å². The SMILES string of the molecule is O=C(NCc1ccccc1F)c1ccc2ncnc(N3CCCC3)c2c1. The van der Waals surface area contributed by atoms with Crippen molar-refractivity contribution in [3.8, 4) is 0 Å². The summed E-state index contributed by atoms with van der Waals surface area (Å²) < 4.78 is 13.7. The van der Waals surface area contributed by atoms with E-state index in [2.05, 4.69) is 20.2 Å². The van der Waals surface area contributed by atoms with E-state index in [1.54, 1.807) is 30.6 Å². The van der Waals surface area contributed by atoms with Crippen LogP contribution in [0.25, 0.3) is 10.9 Å². The van der Waals surface area contributed by atoms with Gasteiger partial charge in [0, 0.05) is 36.1 Å². The Bertz CT molecular complexity index is 953. The number of hydrogen-bond acceptors (Lipinski definition) is 4. The molecule has 0 spiro atoms. The maximum Gasteiger partial charge on any atom is 0.251 e. The van der Waals surface area contributed by atoms with Gasteiger partial charge in [-0.15, -0.1) is 0 Å². The Balaban J connectivity index is 1.59. The molecular formula is C20H19FN4O. The minimum Gasteiger partial charge on any atom is -0.356 e. The molecular weight excluding hydrogens is 331 g/mol. The van der Waals surface area contributed by atoms with Crippen LogP contribution in [0.15, 0.2) is 48.8 Å². The molecule has 1 aliphatic rings. The molecule has 5 nitrogen and oxygen atoms in total. The minimum absolute atomic E-state index is 0.147. The lowest BCUT2D eigenvalue weighted by atomic mass is 10.1. The second kappa shape index (κ2) is 7.07. The quantitative estimate of drug-likeness (QED) is 0.784. The van der Waals surface area contributed by atoms with E-state index in [1.807, 2.05) is 12.1 Å². The fourth-order valence-electron chi connectivity index (χ4n) is 3.28. The first-order valence-corrected chi connectivity index (χ1v) is 8.74. The van der Waals surface area contributed by atoms with E-state index < -0.39 is 0 Å². The van der Waals surface area contributed by atoms with Gasteiger partial charge in [-0.2, -0.15) is 0 Å². The third kappa shape index (κ3) is 3.22. The Morgan fingerprint density at radius 1 is 1.12 bits per heavy atom. The Morgan fingerprint density at radius 2 is 1.92 bits per heavy atom. The Hall–Kier alpha value is -3.02. The molecule has 1 N–H and O–H groups in total. The maximum atomic E-state index is 13.7. The van der Waals surface area contributed by atoms with E-state index in [0.717, 1.165) is 42.7 Å². The molecule has 1 amide bonds. The fourth-order valence-corrected chi connectivity index (χ4v) is 3.28. The van der Waals surface area contributed by atoms with Crippen molar-refractivity contribution in [3.63, 3.8) is 0 Å². The molecule has 0 atom stereocenters. The molecule has 0 saturated carbocycles. The molecule has 0 radical (unpaired) electrons. The van der Waals surface area contributed by atoms with Crippen LogP contribution in [0.3, 0.4) is 0 Å². The lowest BCUT2D eigenvalue weighted by molar-refractivity contribution is 0.0950. The summed E-state index contributed by atoms with van der Waals surface area (Å²) in [5, 5.41) is 3.64. The van der Waals surface area contributed by atoms with Gasteiger partial charge in [-0.3, -0.25) is 4.79 Å². The zero-order chi connectivity index (χ0) is 17.9. The molecule has 1 saturated heterocycles. The maximum absolute atomic E-state index is 13.7. The molecule has 2 aromatic carbocycles. The number of carbonyl (C=O) groups excluding carboxylic acids is 1. The van der Waals surface area contributed by atoms with Crippen molar-refractivity contribution in [2.75, 3.05) is 18.0 Å². The second-order valence-corrected chi connectivity index (χ2v) is 6.40. The number of hydrogen-bond donors (Lipinski definition) is 1. The van der Waals surface area contributed by atoms with Gasteiger partial charge in [0.1, 0.15) is 18.0 Å². The highest BCUT2D eigenvalue weighted by Crippen LogP contribution is 2.26. The van der Waals surface area contributed by atoms with Crippen LogP contribution >= 0.6 is 0 Å². The number of carbonyl (C=O) groups is 1. The molecule has 4 rings (SSSR count). The van der Waals surface area contributed by atoms with Gasteiger partial charge < -0.3 is 10.2 Å². The van der Waals surface area contributed by atoms with Gasteiger partial charge in [-0.1, -0.05) is 18.2 Å². The van der Waals surface area contributed by atoms with Gasteiger partial charge in [0.2, 0.25) is 0 Å². The molecule has 0 bridgehead atoms. The molecule has 2 heterocycles. The van der Waals surface area contributed by atoms with E-state index in [4.69, 9.17) is 0 Å². The van der Waals surface area contributed by atoms with Gasteiger partial charge in [0.05, 0.1) is 5.52 Å². The van der Waals surface area contributed by atoms with Gasteiger partial charge in [-0.05, 0) is 37.1 Å². The number of halogens is 1. The number of nitrogens with zero attached hydrogens (tertiary/aromatic N) is 3. The minimum atomic E-state index is -0.323. The predicted molar refractivity (Wildman–Crippen MR) is 98.6 cm³/mol. The van der Waals surface area contributed by atoms with Crippen LogP contribution in [0.1, 0.15) is 28.8 Å². The summed E-state index contributed by atoms with van der Waals surface area (Å²) in [6.45, 7) is 2.08. The average Bonchev–Trinajstić information content (AvgIpc) is 3.21. The number of amides is 1. The lowest BCUT2D eigenvalue weighted by Gasteiger charge is -2.18. The first kappa shape index (κ1) is 16.4. The van der Waals surface area contributed by atoms with Gasteiger partial charge in [0.25, 0.3) is 5.91 Å². The van der Waals surface area contributed by atoms with Crippen LogP contribution in [0.4, 0.5) is 10.2 Å². The molecule has 1 aliphatic heterocycles. The molecule has 1 fully saturated rings. The van der Waals surface area contributed by atoms with Gasteiger partial charge in [0.15, 0.2) is 0 Å². The molecule has 132 valence electrons. The predicted octanol–water partition coefficient (Wildman–Crippen LogP) is 3.30. The summed E-state index contributed by atoms with van der Waals surface area (Å²) in [5.74, 6) is 0.304. The van der Waals surface area contributed by atoms with Crippen LogP contribution in [0, 0.1) is 5.82 Å². The third-order valence-corrected chi connectivity index (χ3v) is 4.68. The normalized spacial score (nSPS) is 14.0. The summed E-state index contributed by atoms with van der Waals surface area (Å²) in [7, 11) is 0. The number of anilines is 1. The molecule has 6 heteroatoms. The van der Waals surface area contributed by atoms with Crippen molar-refractivity contribution in [2.24, 2.45) is 0 Å². The first-order valence-electron chi connectivity index (χ1n) is 8.74. The van der Waals surface area contributed by atoms with E-state index in [0.29, 0.717) is 11.1 Å². The van der Waals surface area contributed by atoms with Crippen LogP contribution < -0.4 is 10.2 Å². The highest BCUT2D eigenvalue weighted by molar-refractivity contribution is 6.00. The van der Waals surface area contributed by atoms with Crippen LogP contribution in [0.2, 0.25) is 0 Å². The van der Waals surface area contributed by atoms with Crippen molar-refractivity contribution in [1.29, 1.82) is 0 Å². The second-order valence-electron chi connectivity index (χ2n) is 6.40. The monoisotopic (exact) mass is 350 g/mol. The van der Waals surface area contributed by atoms with Crippen molar-refractivity contribution in [2.45, 2.75) is 19.4 Å². The summed E-state index contributed by atoms with van der Waals surface area (Å²) in [5.41, 5.74) is 1.79. The summed E-state index contributed by atoms with van der Waals surface area (Å²) in [6, 6.07) is 11.8. The van der Waals surface area contributed by atoms with Crippen molar-refractivity contribution in [3.05, 3.63) is 65.7 Å². The summed E-state index contributed by atoms with van der Waals surface area (Å²) in [6.07, 6.45) is 3.86. The number of nitrogens with one attached hydrogen (secondary N) is 1. The highest BCUT2D eigenvalue weighted by Gasteiger charge is 2.17. The van der Waals surface area contributed by atoms with Crippen LogP contribution in [-0.2, 0) is 6.54 Å². The van der Waals surface area contributed by atoms with Crippen LogP contribution in [0.5, 0.6) is 0 Å². The van der Waals surface area contributed by atoms with Crippen molar-refractivity contribution in [1.82, 2.24) is 15.3 Å². The average molecular weight is 350 g/mol. The Morgan fingerprint density at radius 3 is 2.73 bits per heavy atom. The van der Waals surface area contributed by atoms with E-state index in [-0.39, 0.29) is 18.3 Å². The van der Waals surface area contributed by atoms with E-state index in [9.17, 15) is 9.18 Å². The molecule has 3 aromatic rings. The molecule has 1 aromatic heterocycles. The van der Waals surface area contributed by atoms with Gasteiger partial charge in [-0.25, -0.2) is 14.4 Å². The number of rotatable bonds is 4. The molecule has 0 unspecified atom stereocenters. The zero-order valence-electron chi connectivity index (χ0n) is 14.3.